The summed E-state index contributed by atoms with van der Waals surface area (Å²) >= 11 is 5.81. The Labute approximate surface area is 170 Å². The molecule has 3 N–H and O–H groups in total. The molecule has 0 unspecified atom stereocenters. The van der Waals surface area contributed by atoms with Gasteiger partial charge >= 0.3 is 0 Å². The smallest absolute Gasteiger partial charge is 0.187 e. The van der Waals surface area contributed by atoms with Crippen molar-refractivity contribution in [3.63, 3.8) is 0 Å². The third-order valence-electron chi connectivity index (χ3n) is 4.80. The molecule has 150 valence electrons. The predicted octanol–water partition coefficient (Wildman–Crippen LogP) is 5.67. The predicted molar refractivity (Wildman–Crippen MR) is 118 cm³/mol. The summed E-state index contributed by atoms with van der Waals surface area (Å²) in [5.41, 5.74) is 10.0. The van der Waals surface area contributed by atoms with Gasteiger partial charge in [-0.25, -0.2) is 4.98 Å². The normalized spacial score (nSPS) is 11.9. The first-order valence-electron chi connectivity index (χ1n) is 10.0. The molecular weight excluding hydrogens is 374 g/mol. The number of aryl methyl sites for hydroxylation is 1. The van der Waals surface area contributed by atoms with Crippen molar-refractivity contribution in [1.82, 2.24) is 9.97 Å². The fourth-order valence-electron chi connectivity index (χ4n) is 3.05. The number of nitrogens with one attached hydrogen (secondary N) is 1. The van der Waals surface area contributed by atoms with Gasteiger partial charge in [0.1, 0.15) is 5.82 Å². The van der Waals surface area contributed by atoms with E-state index in [0.29, 0.717) is 6.61 Å². The van der Waals surface area contributed by atoms with Crippen LogP contribution in [0.25, 0.3) is 0 Å². The second kappa shape index (κ2) is 10.9. The Hall–Kier alpha value is -1.30. The molecule has 0 bridgehead atoms. The maximum atomic E-state index is 6.37. The maximum absolute atomic E-state index is 6.37. The molecule has 0 radical (unpaired) electrons. The SMILES string of the molecule is CCCCc1nc(CO[Si](C)(C)CCCCCl)c(Cc2ccc(N)cc2)[nH]1. The number of imidazole rings is 1. The van der Waals surface area contributed by atoms with Crippen LogP contribution >= 0.6 is 11.6 Å². The van der Waals surface area contributed by atoms with Crippen molar-refractivity contribution in [2.75, 3.05) is 11.6 Å². The van der Waals surface area contributed by atoms with E-state index in [9.17, 15) is 0 Å². The largest absolute Gasteiger partial charge is 0.411 e. The number of anilines is 1. The zero-order valence-electron chi connectivity index (χ0n) is 17.0. The number of nitrogens with zero attached hydrogens (tertiary/aromatic N) is 1. The molecule has 0 saturated heterocycles. The van der Waals surface area contributed by atoms with E-state index in [1.54, 1.807) is 0 Å². The highest BCUT2D eigenvalue weighted by molar-refractivity contribution is 6.71. The molecular formula is C21H34ClN3OSi. The van der Waals surface area contributed by atoms with Gasteiger partial charge in [-0.2, -0.15) is 0 Å². The molecule has 0 saturated carbocycles. The molecule has 2 rings (SSSR count). The van der Waals surface area contributed by atoms with E-state index in [1.165, 1.54) is 12.0 Å². The quantitative estimate of drug-likeness (QED) is 0.206. The number of H-pyrrole nitrogens is 1. The maximum Gasteiger partial charge on any atom is 0.187 e. The average molecular weight is 408 g/mol. The summed E-state index contributed by atoms with van der Waals surface area (Å²) in [6.07, 6.45) is 6.33. The summed E-state index contributed by atoms with van der Waals surface area (Å²) in [5, 5.41) is 0. The molecule has 0 spiro atoms. The lowest BCUT2D eigenvalue weighted by Gasteiger charge is -2.22. The molecule has 27 heavy (non-hydrogen) atoms. The molecule has 2 aromatic rings. The van der Waals surface area contributed by atoms with E-state index in [4.69, 9.17) is 26.7 Å². The van der Waals surface area contributed by atoms with Crippen LogP contribution in [-0.4, -0.2) is 24.2 Å². The van der Waals surface area contributed by atoms with Gasteiger partial charge in [-0.15, -0.1) is 11.6 Å². The van der Waals surface area contributed by atoms with E-state index in [-0.39, 0.29) is 0 Å². The monoisotopic (exact) mass is 407 g/mol. The van der Waals surface area contributed by atoms with Gasteiger partial charge in [0.2, 0.25) is 0 Å². The molecule has 1 aromatic carbocycles. The number of nitrogen functional groups attached to an aromatic ring is 1. The van der Waals surface area contributed by atoms with Gasteiger partial charge < -0.3 is 15.1 Å². The summed E-state index contributed by atoms with van der Waals surface area (Å²) in [5.74, 6) is 1.80. The van der Waals surface area contributed by atoms with Gasteiger partial charge in [0, 0.05) is 30.1 Å². The van der Waals surface area contributed by atoms with Gasteiger partial charge in [0.15, 0.2) is 8.32 Å². The first kappa shape index (κ1) is 22.0. The van der Waals surface area contributed by atoms with Gasteiger partial charge in [-0.3, -0.25) is 0 Å². The number of alkyl halides is 1. The standard InChI is InChI=1S/C21H34ClN3OSi/c1-4-5-8-21-24-19(15-17-9-11-18(23)12-10-17)20(25-21)16-26-27(2,3)14-7-6-13-22/h9-12H,4-8,13-16,23H2,1-3H3,(H,24,25). The Kier molecular flexibility index (Phi) is 8.86. The minimum absolute atomic E-state index is 0.590. The number of aromatic amines is 1. The Morgan fingerprint density at radius 1 is 1.15 bits per heavy atom. The van der Waals surface area contributed by atoms with Crippen LogP contribution in [0, 0.1) is 0 Å². The van der Waals surface area contributed by atoms with Crippen molar-refractivity contribution >= 4 is 25.6 Å². The fraction of sp³-hybridized carbons (Fsp3) is 0.571. The van der Waals surface area contributed by atoms with Gasteiger partial charge in [0.25, 0.3) is 0 Å². The van der Waals surface area contributed by atoms with E-state index in [2.05, 4.69) is 37.1 Å². The first-order chi connectivity index (χ1) is 12.9. The topological polar surface area (TPSA) is 63.9 Å². The molecule has 1 heterocycles. The van der Waals surface area contributed by atoms with E-state index < -0.39 is 8.32 Å². The number of halogens is 1. The lowest BCUT2D eigenvalue weighted by atomic mass is 10.1. The summed E-state index contributed by atoms with van der Waals surface area (Å²) < 4.78 is 6.37. The fourth-order valence-corrected chi connectivity index (χ4v) is 5.02. The van der Waals surface area contributed by atoms with E-state index >= 15 is 0 Å². The Balaban J connectivity index is 2.07. The molecule has 6 heteroatoms. The van der Waals surface area contributed by atoms with Crippen LogP contribution in [0.4, 0.5) is 5.69 Å². The van der Waals surface area contributed by atoms with Crippen LogP contribution < -0.4 is 5.73 Å². The summed E-state index contributed by atoms with van der Waals surface area (Å²) in [6.45, 7) is 7.36. The molecule has 0 fully saturated rings. The van der Waals surface area contributed by atoms with Crippen LogP contribution in [0.3, 0.4) is 0 Å². The zero-order chi connectivity index (χ0) is 19.7. The van der Waals surface area contributed by atoms with Crippen molar-refractivity contribution in [1.29, 1.82) is 0 Å². The minimum atomic E-state index is -1.69. The highest BCUT2D eigenvalue weighted by atomic mass is 35.5. The van der Waals surface area contributed by atoms with Crippen molar-refractivity contribution < 1.29 is 4.43 Å². The third kappa shape index (κ3) is 7.68. The summed E-state index contributed by atoms with van der Waals surface area (Å²) in [6, 6.07) is 9.20. The average Bonchev–Trinajstić information content (AvgIpc) is 3.02. The van der Waals surface area contributed by atoms with Gasteiger partial charge in [-0.05, 0) is 49.7 Å². The lowest BCUT2D eigenvalue weighted by molar-refractivity contribution is 0.288. The molecule has 4 nitrogen and oxygen atoms in total. The summed E-state index contributed by atoms with van der Waals surface area (Å²) in [4.78, 5) is 8.40. The second-order valence-corrected chi connectivity index (χ2v) is 12.5. The minimum Gasteiger partial charge on any atom is -0.411 e. The Morgan fingerprint density at radius 3 is 2.56 bits per heavy atom. The molecule has 0 amide bonds. The van der Waals surface area contributed by atoms with Crippen molar-refractivity contribution in [2.45, 2.75) is 71.2 Å². The van der Waals surface area contributed by atoms with Gasteiger partial charge in [0.05, 0.1) is 12.3 Å². The van der Waals surface area contributed by atoms with Crippen LogP contribution in [0.1, 0.15) is 55.4 Å². The second-order valence-electron chi connectivity index (χ2n) is 7.83. The number of rotatable bonds is 12. The van der Waals surface area contributed by atoms with Crippen molar-refractivity contribution in [2.24, 2.45) is 0 Å². The number of benzene rings is 1. The number of nitrogens with two attached hydrogens (primary N) is 1. The molecule has 1 aromatic heterocycles. The number of unbranched alkanes of at least 4 members (excludes halogenated alkanes) is 2. The van der Waals surface area contributed by atoms with Crippen molar-refractivity contribution in [3.8, 4) is 0 Å². The number of aromatic nitrogens is 2. The highest BCUT2D eigenvalue weighted by Gasteiger charge is 2.23. The Bertz CT molecular complexity index is 685. The highest BCUT2D eigenvalue weighted by Crippen LogP contribution is 2.21. The van der Waals surface area contributed by atoms with Crippen LogP contribution in [0.2, 0.25) is 19.1 Å². The molecule has 0 atom stereocenters. The van der Waals surface area contributed by atoms with Crippen LogP contribution in [0.5, 0.6) is 0 Å². The molecule has 0 aliphatic rings. The third-order valence-corrected chi connectivity index (χ3v) is 7.55. The summed E-state index contributed by atoms with van der Waals surface area (Å²) in [7, 11) is -1.69. The van der Waals surface area contributed by atoms with E-state index in [1.807, 2.05) is 12.1 Å². The van der Waals surface area contributed by atoms with Gasteiger partial charge in [-0.1, -0.05) is 31.9 Å². The van der Waals surface area contributed by atoms with Crippen molar-refractivity contribution in [3.05, 3.63) is 47.0 Å². The molecule has 0 aliphatic heterocycles. The molecule has 0 aliphatic carbocycles. The first-order valence-corrected chi connectivity index (χ1v) is 13.7. The lowest BCUT2D eigenvalue weighted by Crippen LogP contribution is -2.30. The number of hydrogen-bond acceptors (Lipinski definition) is 3. The van der Waals surface area contributed by atoms with Crippen LogP contribution in [-0.2, 0) is 23.9 Å². The Morgan fingerprint density at radius 2 is 1.89 bits per heavy atom. The number of hydrogen-bond donors (Lipinski definition) is 2. The zero-order valence-corrected chi connectivity index (χ0v) is 18.7. The van der Waals surface area contributed by atoms with E-state index in [0.717, 1.165) is 66.9 Å². The van der Waals surface area contributed by atoms with Crippen LogP contribution in [0.15, 0.2) is 24.3 Å².